The summed E-state index contributed by atoms with van der Waals surface area (Å²) in [6.07, 6.45) is 0.0911. The van der Waals surface area contributed by atoms with E-state index in [0.717, 1.165) is 11.3 Å². The summed E-state index contributed by atoms with van der Waals surface area (Å²) >= 11 is 5.85. The third kappa shape index (κ3) is 3.20. The Bertz CT molecular complexity index is 299. The zero-order valence-electron chi connectivity index (χ0n) is 8.71. The Balaban J connectivity index is 2.62. The first-order valence-electron chi connectivity index (χ1n) is 4.55. The second kappa shape index (κ2) is 5.23. The monoisotopic (exact) mass is 214 g/mol. The predicted molar refractivity (Wildman–Crippen MR) is 58.2 cm³/mol. The number of hydrogen-bond donors (Lipinski definition) is 0. The van der Waals surface area contributed by atoms with Gasteiger partial charge in [-0.15, -0.1) is 0 Å². The molecule has 0 bridgehead atoms. The second-order valence-electron chi connectivity index (χ2n) is 3.27. The van der Waals surface area contributed by atoms with E-state index in [1.807, 2.05) is 32.0 Å². The van der Waals surface area contributed by atoms with Gasteiger partial charge in [0, 0.05) is 12.1 Å². The van der Waals surface area contributed by atoms with E-state index in [9.17, 15) is 0 Å². The molecule has 1 rings (SSSR count). The molecular formula is C11H15ClO2. The van der Waals surface area contributed by atoms with Crippen LogP contribution in [0.25, 0.3) is 0 Å². The van der Waals surface area contributed by atoms with Crippen LogP contribution >= 0.6 is 11.6 Å². The van der Waals surface area contributed by atoms with Gasteiger partial charge in [0.2, 0.25) is 0 Å². The zero-order valence-corrected chi connectivity index (χ0v) is 9.47. The highest BCUT2D eigenvalue weighted by atomic mass is 35.5. The van der Waals surface area contributed by atoms with Crippen LogP contribution in [-0.4, -0.2) is 19.8 Å². The molecule has 1 unspecified atom stereocenters. The summed E-state index contributed by atoms with van der Waals surface area (Å²) in [5.74, 6) is 0.821. The second-order valence-corrected chi connectivity index (χ2v) is 3.70. The van der Waals surface area contributed by atoms with Crippen LogP contribution in [-0.2, 0) is 4.74 Å². The van der Waals surface area contributed by atoms with Crippen LogP contribution in [0, 0.1) is 6.92 Å². The molecule has 0 saturated heterocycles. The van der Waals surface area contributed by atoms with Crippen LogP contribution in [0.5, 0.6) is 5.75 Å². The quantitative estimate of drug-likeness (QED) is 0.767. The van der Waals surface area contributed by atoms with Gasteiger partial charge in [0.25, 0.3) is 0 Å². The number of aryl methyl sites for hydroxylation is 1. The van der Waals surface area contributed by atoms with Crippen LogP contribution in [0.4, 0.5) is 0 Å². The molecule has 14 heavy (non-hydrogen) atoms. The Morgan fingerprint density at radius 3 is 2.79 bits per heavy atom. The van der Waals surface area contributed by atoms with Crippen molar-refractivity contribution in [1.29, 1.82) is 0 Å². The normalized spacial score (nSPS) is 12.6. The zero-order chi connectivity index (χ0) is 10.6. The van der Waals surface area contributed by atoms with Crippen molar-refractivity contribution in [2.45, 2.75) is 20.0 Å². The van der Waals surface area contributed by atoms with Crippen LogP contribution in [0.1, 0.15) is 12.5 Å². The summed E-state index contributed by atoms with van der Waals surface area (Å²) in [4.78, 5) is 0. The van der Waals surface area contributed by atoms with E-state index >= 15 is 0 Å². The SMILES string of the molecule is COC(C)COc1cc(Cl)ccc1C. The molecule has 1 aromatic carbocycles. The van der Waals surface area contributed by atoms with Crippen molar-refractivity contribution in [3.05, 3.63) is 28.8 Å². The molecule has 3 heteroatoms. The van der Waals surface area contributed by atoms with Gasteiger partial charge in [0.15, 0.2) is 0 Å². The lowest BCUT2D eigenvalue weighted by atomic mass is 10.2. The Labute approximate surface area is 89.8 Å². The summed E-state index contributed by atoms with van der Waals surface area (Å²) in [6, 6.07) is 5.61. The molecule has 0 fully saturated rings. The lowest BCUT2D eigenvalue weighted by Crippen LogP contribution is -2.16. The lowest BCUT2D eigenvalue weighted by Gasteiger charge is -2.13. The van der Waals surface area contributed by atoms with Gasteiger partial charge in [-0.2, -0.15) is 0 Å². The summed E-state index contributed by atoms with van der Waals surface area (Å²) < 4.78 is 10.6. The summed E-state index contributed by atoms with van der Waals surface area (Å²) in [5, 5.41) is 0.690. The highest BCUT2D eigenvalue weighted by Gasteiger charge is 2.03. The fourth-order valence-corrected chi connectivity index (χ4v) is 1.17. The van der Waals surface area contributed by atoms with E-state index in [1.54, 1.807) is 7.11 Å². The molecule has 1 atom stereocenters. The van der Waals surface area contributed by atoms with Crippen molar-refractivity contribution in [3.8, 4) is 5.75 Å². The number of methoxy groups -OCH3 is 1. The van der Waals surface area contributed by atoms with Gasteiger partial charge >= 0.3 is 0 Å². The largest absolute Gasteiger partial charge is 0.491 e. The number of hydrogen-bond acceptors (Lipinski definition) is 2. The van der Waals surface area contributed by atoms with Crippen molar-refractivity contribution >= 4 is 11.6 Å². The molecule has 1 aromatic rings. The molecule has 0 N–H and O–H groups in total. The van der Waals surface area contributed by atoms with Gasteiger partial charge in [0.05, 0.1) is 6.10 Å². The van der Waals surface area contributed by atoms with Crippen molar-refractivity contribution < 1.29 is 9.47 Å². The minimum Gasteiger partial charge on any atom is -0.491 e. The molecule has 2 nitrogen and oxygen atoms in total. The van der Waals surface area contributed by atoms with E-state index in [4.69, 9.17) is 21.1 Å². The first-order chi connectivity index (χ1) is 6.63. The van der Waals surface area contributed by atoms with E-state index in [-0.39, 0.29) is 6.10 Å². The van der Waals surface area contributed by atoms with Crippen molar-refractivity contribution in [3.63, 3.8) is 0 Å². The van der Waals surface area contributed by atoms with Gasteiger partial charge in [-0.05, 0) is 31.5 Å². The fourth-order valence-electron chi connectivity index (χ4n) is 1.00. The molecule has 0 aromatic heterocycles. The Hall–Kier alpha value is -0.730. The summed E-state index contributed by atoms with van der Waals surface area (Å²) in [5.41, 5.74) is 1.08. The standard InChI is InChI=1S/C11H15ClO2/c1-8-4-5-10(12)6-11(8)14-7-9(2)13-3/h4-6,9H,7H2,1-3H3. The number of rotatable bonds is 4. The highest BCUT2D eigenvalue weighted by molar-refractivity contribution is 6.30. The van der Waals surface area contributed by atoms with Crippen LogP contribution in [0.3, 0.4) is 0 Å². The molecule has 0 saturated carbocycles. The number of ether oxygens (including phenoxy) is 2. The minimum atomic E-state index is 0.0911. The summed E-state index contributed by atoms with van der Waals surface area (Å²) in [7, 11) is 1.67. The van der Waals surface area contributed by atoms with Crippen LogP contribution < -0.4 is 4.74 Å². The maximum absolute atomic E-state index is 5.85. The molecular weight excluding hydrogens is 200 g/mol. The topological polar surface area (TPSA) is 18.5 Å². The third-order valence-electron chi connectivity index (χ3n) is 2.03. The first-order valence-corrected chi connectivity index (χ1v) is 4.93. The maximum Gasteiger partial charge on any atom is 0.123 e. The van der Waals surface area contributed by atoms with E-state index < -0.39 is 0 Å². The van der Waals surface area contributed by atoms with E-state index in [1.165, 1.54) is 0 Å². The third-order valence-corrected chi connectivity index (χ3v) is 2.26. The fraction of sp³-hybridized carbons (Fsp3) is 0.455. The van der Waals surface area contributed by atoms with E-state index in [0.29, 0.717) is 11.6 Å². The molecule has 0 amide bonds. The molecule has 0 aliphatic carbocycles. The maximum atomic E-state index is 5.85. The number of benzene rings is 1. The molecule has 0 aliphatic heterocycles. The Kier molecular flexibility index (Phi) is 4.23. The minimum absolute atomic E-state index is 0.0911. The molecule has 78 valence electrons. The van der Waals surface area contributed by atoms with Crippen molar-refractivity contribution in [2.75, 3.05) is 13.7 Å². The van der Waals surface area contributed by atoms with Crippen LogP contribution in [0.15, 0.2) is 18.2 Å². The van der Waals surface area contributed by atoms with Gasteiger partial charge in [-0.3, -0.25) is 0 Å². The molecule has 0 aliphatic rings. The molecule has 0 heterocycles. The Morgan fingerprint density at radius 1 is 1.43 bits per heavy atom. The van der Waals surface area contributed by atoms with Gasteiger partial charge < -0.3 is 9.47 Å². The Morgan fingerprint density at radius 2 is 2.14 bits per heavy atom. The average molecular weight is 215 g/mol. The number of halogens is 1. The van der Waals surface area contributed by atoms with E-state index in [2.05, 4.69) is 0 Å². The highest BCUT2D eigenvalue weighted by Crippen LogP contribution is 2.22. The molecule has 0 spiro atoms. The predicted octanol–water partition coefficient (Wildman–Crippen LogP) is 3.06. The van der Waals surface area contributed by atoms with Gasteiger partial charge in [-0.25, -0.2) is 0 Å². The van der Waals surface area contributed by atoms with Crippen molar-refractivity contribution in [1.82, 2.24) is 0 Å². The van der Waals surface area contributed by atoms with Crippen molar-refractivity contribution in [2.24, 2.45) is 0 Å². The smallest absolute Gasteiger partial charge is 0.123 e. The van der Waals surface area contributed by atoms with Gasteiger partial charge in [-0.1, -0.05) is 17.7 Å². The average Bonchev–Trinajstić information content (AvgIpc) is 2.19. The molecule has 0 radical (unpaired) electrons. The lowest BCUT2D eigenvalue weighted by molar-refractivity contribution is 0.0714. The first kappa shape index (κ1) is 11.3. The van der Waals surface area contributed by atoms with Gasteiger partial charge in [0.1, 0.15) is 12.4 Å². The summed E-state index contributed by atoms with van der Waals surface area (Å²) in [6.45, 7) is 4.49. The van der Waals surface area contributed by atoms with Crippen LogP contribution in [0.2, 0.25) is 5.02 Å².